The Morgan fingerprint density at radius 3 is 2.52 bits per heavy atom. The van der Waals surface area contributed by atoms with E-state index in [1.807, 2.05) is 13.2 Å². The molecule has 112 valence electrons. The number of hydrogen-bond donors (Lipinski definition) is 1. The molecule has 0 aromatic carbocycles. The molecule has 21 heavy (non-hydrogen) atoms. The zero-order valence-electron chi connectivity index (χ0n) is 12.6. The highest BCUT2D eigenvalue weighted by Gasteiger charge is 2.29. The molecule has 0 saturated heterocycles. The van der Waals surface area contributed by atoms with Crippen molar-refractivity contribution in [2.45, 2.75) is 26.8 Å². The van der Waals surface area contributed by atoms with E-state index in [1.165, 1.54) is 6.20 Å². The SMILES string of the molecule is Cn1cc(C(NC(=O)c2ccc(Cl)cn2)C(C)(C)C)cn1. The van der Waals surface area contributed by atoms with Crippen LogP contribution in [0.4, 0.5) is 0 Å². The summed E-state index contributed by atoms with van der Waals surface area (Å²) < 4.78 is 1.72. The lowest BCUT2D eigenvalue weighted by Crippen LogP contribution is -2.36. The van der Waals surface area contributed by atoms with Crippen LogP contribution in [0.15, 0.2) is 30.7 Å². The molecule has 0 bridgehead atoms. The Balaban J connectivity index is 2.23. The van der Waals surface area contributed by atoms with Crippen molar-refractivity contribution in [1.82, 2.24) is 20.1 Å². The highest BCUT2D eigenvalue weighted by Crippen LogP contribution is 2.32. The molecule has 0 saturated carbocycles. The van der Waals surface area contributed by atoms with Crippen molar-refractivity contribution in [3.05, 3.63) is 47.0 Å². The summed E-state index contributed by atoms with van der Waals surface area (Å²) in [7, 11) is 1.85. The van der Waals surface area contributed by atoms with Gasteiger partial charge in [0.15, 0.2) is 0 Å². The van der Waals surface area contributed by atoms with Crippen LogP contribution in [0.1, 0.15) is 42.9 Å². The third-order valence-corrected chi connectivity index (χ3v) is 3.38. The number of carbonyl (C=O) groups excluding carboxylic acids is 1. The molecule has 2 rings (SSSR count). The van der Waals surface area contributed by atoms with E-state index in [2.05, 4.69) is 36.2 Å². The fourth-order valence-corrected chi connectivity index (χ4v) is 2.22. The maximum atomic E-state index is 12.3. The first-order valence-electron chi connectivity index (χ1n) is 6.68. The summed E-state index contributed by atoms with van der Waals surface area (Å²) in [5.41, 5.74) is 1.16. The average Bonchev–Trinajstić information content (AvgIpc) is 2.81. The monoisotopic (exact) mass is 306 g/mol. The molecule has 6 heteroatoms. The van der Waals surface area contributed by atoms with Crippen LogP contribution < -0.4 is 5.32 Å². The molecule has 0 aliphatic rings. The van der Waals surface area contributed by atoms with Crippen molar-refractivity contribution in [1.29, 1.82) is 0 Å². The molecular weight excluding hydrogens is 288 g/mol. The highest BCUT2D eigenvalue weighted by molar-refractivity contribution is 6.30. The Hall–Kier alpha value is -1.88. The first kappa shape index (κ1) is 15.5. The number of halogens is 1. The highest BCUT2D eigenvalue weighted by atomic mass is 35.5. The number of aryl methyl sites for hydroxylation is 1. The minimum Gasteiger partial charge on any atom is -0.343 e. The lowest BCUT2D eigenvalue weighted by atomic mass is 9.83. The predicted octanol–water partition coefficient (Wildman–Crippen LogP) is 2.99. The second-order valence-electron chi connectivity index (χ2n) is 6.08. The van der Waals surface area contributed by atoms with Crippen LogP contribution in [0.3, 0.4) is 0 Å². The second kappa shape index (κ2) is 5.85. The molecule has 0 aliphatic carbocycles. The van der Waals surface area contributed by atoms with Gasteiger partial charge in [-0.15, -0.1) is 0 Å². The van der Waals surface area contributed by atoms with E-state index in [0.29, 0.717) is 10.7 Å². The quantitative estimate of drug-likeness (QED) is 0.948. The number of hydrogen-bond acceptors (Lipinski definition) is 3. The van der Waals surface area contributed by atoms with Crippen LogP contribution in [-0.2, 0) is 7.05 Å². The summed E-state index contributed by atoms with van der Waals surface area (Å²) in [6, 6.07) is 3.11. The molecule has 0 aliphatic heterocycles. The van der Waals surface area contributed by atoms with Crippen LogP contribution in [-0.4, -0.2) is 20.7 Å². The molecular formula is C15H19ClN4O. The van der Waals surface area contributed by atoms with E-state index in [9.17, 15) is 4.79 Å². The van der Waals surface area contributed by atoms with Gasteiger partial charge in [-0.25, -0.2) is 4.98 Å². The summed E-state index contributed by atoms with van der Waals surface area (Å²) in [6.07, 6.45) is 5.14. The van der Waals surface area contributed by atoms with E-state index in [1.54, 1.807) is 23.0 Å². The van der Waals surface area contributed by atoms with Crippen molar-refractivity contribution < 1.29 is 4.79 Å². The molecule has 0 spiro atoms. The molecule has 1 unspecified atom stereocenters. The Bertz CT molecular complexity index is 628. The Kier molecular flexibility index (Phi) is 4.32. The van der Waals surface area contributed by atoms with Gasteiger partial charge in [-0.3, -0.25) is 9.48 Å². The summed E-state index contributed by atoms with van der Waals surface area (Å²) in [5, 5.41) is 7.71. The zero-order valence-corrected chi connectivity index (χ0v) is 13.3. The maximum Gasteiger partial charge on any atom is 0.270 e. The summed E-state index contributed by atoms with van der Waals surface area (Å²) in [5.74, 6) is -0.226. The number of aromatic nitrogens is 3. The van der Waals surface area contributed by atoms with Crippen LogP contribution in [0.5, 0.6) is 0 Å². The van der Waals surface area contributed by atoms with Crippen LogP contribution in [0.2, 0.25) is 5.02 Å². The normalized spacial score (nSPS) is 13.0. The molecule has 1 atom stereocenters. The molecule has 1 amide bonds. The summed E-state index contributed by atoms with van der Waals surface area (Å²) in [4.78, 5) is 16.4. The summed E-state index contributed by atoms with van der Waals surface area (Å²) >= 11 is 5.79. The van der Waals surface area contributed by atoms with Gasteiger partial charge in [-0.05, 0) is 17.5 Å². The van der Waals surface area contributed by atoms with Gasteiger partial charge in [0, 0.05) is 25.0 Å². The number of amides is 1. The van der Waals surface area contributed by atoms with E-state index < -0.39 is 0 Å². The largest absolute Gasteiger partial charge is 0.343 e. The lowest BCUT2D eigenvalue weighted by Gasteiger charge is -2.30. The van der Waals surface area contributed by atoms with E-state index >= 15 is 0 Å². The molecule has 2 aromatic heterocycles. The number of carbonyl (C=O) groups is 1. The molecule has 1 N–H and O–H groups in total. The number of nitrogens with one attached hydrogen (secondary N) is 1. The summed E-state index contributed by atoms with van der Waals surface area (Å²) in [6.45, 7) is 6.21. The van der Waals surface area contributed by atoms with Gasteiger partial charge in [0.1, 0.15) is 5.69 Å². The lowest BCUT2D eigenvalue weighted by molar-refractivity contribution is 0.0896. The average molecular weight is 307 g/mol. The van der Waals surface area contributed by atoms with Gasteiger partial charge in [0.2, 0.25) is 0 Å². The van der Waals surface area contributed by atoms with Gasteiger partial charge < -0.3 is 5.32 Å². The van der Waals surface area contributed by atoms with E-state index in [0.717, 1.165) is 5.56 Å². The van der Waals surface area contributed by atoms with E-state index in [-0.39, 0.29) is 17.4 Å². The maximum absolute atomic E-state index is 12.3. The van der Waals surface area contributed by atoms with Gasteiger partial charge in [0.05, 0.1) is 17.3 Å². The van der Waals surface area contributed by atoms with Gasteiger partial charge in [-0.1, -0.05) is 32.4 Å². The number of pyridine rings is 1. The molecule has 2 heterocycles. The third kappa shape index (κ3) is 3.82. The van der Waals surface area contributed by atoms with Gasteiger partial charge in [-0.2, -0.15) is 5.10 Å². The minimum absolute atomic E-state index is 0.148. The molecule has 0 fully saturated rings. The minimum atomic E-state index is -0.226. The second-order valence-corrected chi connectivity index (χ2v) is 6.52. The fraction of sp³-hybridized carbons (Fsp3) is 0.400. The molecule has 5 nitrogen and oxygen atoms in total. The Morgan fingerprint density at radius 1 is 1.33 bits per heavy atom. The molecule has 0 radical (unpaired) electrons. The first-order valence-corrected chi connectivity index (χ1v) is 7.06. The topological polar surface area (TPSA) is 59.8 Å². The zero-order chi connectivity index (χ0) is 15.6. The van der Waals surface area contributed by atoms with Crippen molar-refractivity contribution in [2.24, 2.45) is 12.5 Å². The van der Waals surface area contributed by atoms with Crippen LogP contribution in [0, 0.1) is 5.41 Å². The first-order chi connectivity index (χ1) is 9.77. The van der Waals surface area contributed by atoms with E-state index in [4.69, 9.17) is 11.6 Å². The van der Waals surface area contributed by atoms with Crippen molar-refractivity contribution in [2.75, 3.05) is 0 Å². The van der Waals surface area contributed by atoms with Crippen molar-refractivity contribution >= 4 is 17.5 Å². The number of nitrogens with zero attached hydrogens (tertiary/aromatic N) is 3. The third-order valence-electron chi connectivity index (χ3n) is 3.16. The Morgan fingerprint density at radius 2 is 2.05 bits per heavy atom. The molecule has 2 aromatic rings. The number of rotatable bonds is 3. The standard InChI is InChI=1S/C15H19ClN4O/c1-15(2,3)13(10-7-18-20(4)9-10)19-14(21)12-6-5-11(16)8-17-12/h5-9,13H,1-4H3,(H,19,21). The fourth-order valence-electron chi connectivity index (χ4n) is 2.10. The smallest absolute Gasteiger partial charge is 0.270 e. The van der Waals surface area contributed by atoms with Gasteiger partial charge >= 0.3 is 0 Å². The Labute approximate surface area is 129 Å². The predicted molar refractivity (Wildman–Crippen MR) is 82.1 cm³/mol. The van der Waals surface area contributed by atoms with Crippen LogP contribution in [0.25, 0.3) is 0 Å². The van der Waals surface area contributed by atoms with Crippen molar-refractivity contribution in [3.8, 4) is 0 Å². The van der Waals surface area contributed by atoms with Crippen molar-refractivity contribution in [3.63, 3.8) is 0 Å². The van der Waals surface area contributed by atoms with Gasteiger partial charge in [0.25, 0.3) is 5.91 Å². The van der Waals surface area contributed by atoms with Crippen LogP contribution >= 0.6 is 11.6 Å².